The quantitative estimate of drug-likeness (QED) is 0.791. The number of hydrogen-bond donors (Lipinski definition) is 2. The summed E-state index contributed by atoms with van der Waals surface area (Å²) in [6, 6.07) is 13.9. The van der Waals surface area contributed by atoms with Gasteiger partial charge in [-0.2, -0.15) is 5.26 Å². The molecule has 0 heterocycles. The molecule has 94 valence electrons. The van der Waals surface area contributed by atoms with Crippen molar-refractivity contribution in [3.8, 4) is 17.6 Å². The Labute approximate surface area is 111 Å². The standard InChI is InChI=1S/C14H12BNO3/c16-8-10-1-3-12(4-2-10)19-13-5-6-14(15-18)11(7-13)9-17/h1-7,15,17-18H,9H2. The summed E-state index contributed by atoms with van der Waals surface area (Å²) in [4.78, 5) is 0. The fraction of sp³-hybridized carbons (Fsp3) is 0.0714. The number of rotatable bonds is 4. The van der Waals surface area contributed by atoms with Gasteiger partial charge >= 0.3 is 7.48 Å². The lowest BCUT2D eigenvalue weighted by molar-refractivity contribution is 0.282. The van der Waals surface area contributed by atoms with E-state index in [1.54, 1.807) is 42.5 Å². The van der Waals surface area contributed by atoms with Crippen LogP contribution in [0, 0.1) is 11.3 Å². The predicted molar refractivity (Wildman–Crippen MR) is 72.6 cm³/mol. The van der Waals surface area contributed by atoms with Crippen molar-refractivity contribution >= 4 is 12.9 Å². The normalized spacial score (nSPS) is 9.74. The SMILES string of the molecule is N#Cc1ccc(Oc2ccc(BO)c(CO)c2)cc1. The summed E-state index contributed by atoms with van der Waals surface area (Å²) in [6.07, 6.45) is 0. The summed E-state index contributed by atoms with van der Waals surface area (Å²) in [5.74, 6) is 1.19. The van der Waals surface area contributed by atoms with E-state index in [1.807, 2.05) is 6.07 Å². The molecule has 0 spiro atoms. The van der Waals surface area contributed by atoms with Crippen LogP contribution in [0.15, 0.2) is 42.5 Å². The van der Waals surface area contributed by atoms with Crippen molar-refractivity contribution in [2.24, 2.45) is 0 Å². The number of ether oxygens (including phenoxy) is 1. The summed E-state index contributed by atoms with van der Waals surface area (Å²) in [5, 5.41) is 27.0. The Morgan fingerprint density at radius 2 is 1.79 bits per heavy atom. The first-order chi connectivity index (χ1) is 9.26. The van der Waals surface area contributed by atoms with Crippen molar-refractivity contribution in [1.29, 1.82) is 5.26 Å². The highest BCUT2D eigenvalue weighted by Gasteiger charge is 2.05. The first-order valence-electron chi connectivity index (χ1n) is 5.78. The van der Waals surface area contributed by atoms with Crippen molar-refractivity contribution in [3.63, 3.8) is 0 Å². The van der Waals surface area contributed by atoms with Gasteiger partial charge in [-0.25, -0.2) is 0 Å². The highest BCUT2D eigenvalue weighted by atomic mass is 16.5. The largest absolute Gasteiger partial charge is 0.457 e. The predicted octanol–water partition coefficient (Wildman–Crippen LogP) is 0.812. The van der Waals surface area contributed by atoms with Gasteiger partial charge < -0.3 is 14.9 Å². The van der Waals surface area contributed by atoms with E-state index in [2.05, 4.69) is 0 Å². The van der Waals surface area contributed by atoms with Gasteiger partial charge in [0.05, 0.1) is 18.2 Å². The lowest BCUT2D eigenvalue weighted by Gasteiger charge is -2.09. The van der Waals surface area contributed by atoms with Crippen molar-refractivity contribution in [2.75, 3.05) is 0 Å². The molecule has 0 saturated heterocycles. The summed E-state index contributed by atoms with van der Waals surface area (Å²) in [7, 11) is -0.118. The Hall–Kier alpha value is -2.29. The maximum absolute atomic E-state index is 9.21. The van der Waals surface area contributed by atoms with Crippen LogP contribution in [0.25, 0.3) is 0 Å². The van der Waals surface area contributed by atoms with E-state index < -0.39 is 0 Å². The third-order valence-electron chi connectivity index (χ3n) is 2.74. The van der Waals surface area contributed by atoms with Crippen LogP contribution in [-0.4, -0.2) is 17.6 Å². The first-order valence-corrected chi connectivity index (χ1v) is 5.78. The molecule has 2 N–H and O–H groups in total. The van der Waals surface area contributed by atoms with Gasteiger partial charge in [0.15, 0.2) is 0 Å². The molecule has 0 unspecified atom stereocenters. The van der Waals surface area contributed by atoms with Crippen molar-refractivity contribution in [3.05, 3.63) is 53.6 Å². The Kier molecular flexibility index (Phi) is 4.19. The number of aliphatic hydroxyl groups is 1. The average Bonchev–Trinajstić information content (AvgIpc) is 2.48. The topological polar surface area (TPSA) is 73.5 Å². The molecule has 0 aliphatic carbocycles. The van der Waals surface area contributed by atoms with Crippen LogP contribution in [0.4, 0.5) is 0 Å². The fourth-order valence-electron chi connectivity index (χ4n) is 1.70. The third kappa shape index (κ3) is 3.13. The van der Waals surface area contributed by atoms with Crippen molar-refractivity contribution < 1.29 is 14.9 Å². The van der Waals surface area contributed by atoms with Crippen LogP contribution in [0.2, 0.25) is 0 Å². The number of benzene rings is 2. The molecule has 0 saturated carbocycles. The molecule has 0 fully saturated rings. The molecule has 0 bridgehead atoms. The van der Waals surface area contributed by atoms with Crippen LogP contribution in [-0.2, 0) is 6.61 Å². The number of hydrogen-bond acceptors (Lipinski definition) is 4. The van der Waals surface area contributed by atoms with Gasteiger partial charge in [-0.15, -0.1) is 0 Å². The zero-order valence-electron chi connectivity index (χ0n) is 10.2. The van der Waals surface area contributed by atoms with E-state index in [1.165, 1.54) is 0 Å². The Bertz CT molecular complexity index is 605. The molecule has 0 aromatic heterocycles. The molecule has 4 nitrogen and oxygen atoms in total. The lowest BCUT2D eigenvalue weighted by Crippen LogP contribution is -2.18. The van der Waals surface area contributed by atoms with E-state index in [-0.39, 0.29) is 14.1 Å². The Morgan fingerprint density at radius 1 is 1.11 bits per heavy atom. The minimum Gasteiger partial charge on any atom is -0.457 e. The van der Waals surface area contributed by atoms with Gasteiger partial charge in [0.25, 0.3) is 0 Å². The molecule has 2 rings (SSSR count). The van der Waals surface area contributed by atoms with Crippen LogP contribution >= 0.6 is 0 Å². The lowest BCUT2D eigenvalue weighted by atomic mass is 9.84. The molecule has 0 radical (unpaired) electrons. The van der Waals surface area contributed by atoms with E-state index in [9.17, 15) is 5.11 Å². The van der Waals surface area contributed by atoms with Crippen LogP contribution in [0.3, 0.4) is 0 Å². The van der Waals surface area contributed by atoms with Crippen molar-refractivity contribution in [2.45, 2.75) is 6.61 Å². The van der Waals surface area contributed by atoms with Crippen molar-refractivity contribution in [1.82, 2.24) is 0 Å². The summed E-state index contributed by atoms with van der Waals surface area (Å²) >= 11 is 0. The number of nitriles is 1. The summed E-state index contributed by atoms with van der Waals surface area (Å²) < 4.78 is 5.62. The second-order valence-corrected chi connectivity index (χ2v) is 3.98. The van der Waals surface area contributed by atoms with Crippen LogP contribution in [0.5, 0.6) is 11.5 Å². The fourth-order valence-corrected chi connectivity index (χ4v) is 1.70. The summed E-state index contributed by atoms with van der Waals surface area (Å²) in [6.45, 7) is -0.152. The molecule has 0 atom stereocenters. The monoisotopic (exact) mass is 253 g/mol. The maximum Gasteiger partial charge on any atom is 0.305 e. The van der Waals surface area contributed by atoms with Crippen LogP contribution < -0.4 is 10.2 Å². The van der Waals surface area contributed by atoms with Crippen LogP contribution in [0.1, 0.15) is 11.1 Å². The number of nitrogens with zero attached hydrogens (tertiary/aromatic N) is 1. The second-order valence-electron chi connectivity index (χ2n) is 3.98. The minimum atomic E-state index is -0.152. The zero-order valence-corrected chi connectivity index (χ0v) is 10.2. The Morgan fingerprint density at radius 3 is 2.37 bits per heavy atom. The average molecular weight is 253 g/mol. The number of aliphatic hydroxyl groups excluding tert-OH is 1. The van der Waals surface area contributed by atoms with E-state index in [0.29, 0.717) is 28.1 Å². The van der Waals surface area contributed by atoms with Gasteiger partial charge in [-0.1, -0.05) is 6.07 Å². The molecule has 0 aliphatic rings. The molecule has 0 amide bonds. The smallest absolute Gasteiger partial charge is 0.305 e. The molecule has 19 heavy (non-hydrogen) atoms. The molecule has 0 aliphatic heterocycles. The van der Waals surface area contributed by atoms with Gasteiger partial charge in [0.2, 0.25) is 0 Å². The van der Waals surface area contributed by atoms with Gasteiger partial charge in [0, 0.05) is 0 Å². The zero-order chi connectivity index (χ0) is 13.7. The van der Waals surface area contributed by atoms with E-state index >= 15 is 0 Å². The molecular formula is C14H12BNO3. The van der Waals surface area contributed by atoms with Gasteiger partial charge in [0.1, 0.15) is 11.5 Å². The molecule has 2 aromatic carbocycles. The molecular weight excluding hydrogens is 241 g/mol. The third-order valence-corrected chi connectivity index (χ3v) is 2.74. The van der Waals surface area contributed by atoms with Gasteiger partial charge in [-0.3, -0.25) is 0 Å². The highest BCUT2D eigenvalue weighted by Crippen LogP contribution is 2.22. The maximum atomic E-state index is 9.21. The Balaban J connectivity index is 2.20. The van der Waals surface area contributed by atoms with Gasteiger partial charge in [-0.05, 0) is 47.4 Å². The minimum absolute atomic E-state index is 0.118. The van der Waals surface area contributed by atoms with E-state index in [4.69, 9.17) is 15.0 Å². The second kappa shape index (κ2) is 6.05. The first kappa shape index (κ1) is 13.2. The molecule has 2 aromatic rings. The molecule has 5 heteroatoms. The highest BCUT2D eigenvalue weighted by molar-refractivity contribution is 6.46. The summed E-state index contributed by atoms with van der Waals surface area (Å²) in [5.41, 5.74) is 1.88. The van der Waals surface area contributed by atoms with E-state index in [0.717, 1.165) is 0 Å².